The molecule has 12 heteroatoms. The number of ether oxygens (including phenoxy) is 1. The Hall–Kier alpha value is -3.28. The van der Waals surface area contributed by atoms with Gasteiger partial charge in [-0.25, -0.2) is 13.8 Å². The molecular weight excluding hydrogens is 422 g/mol. The van der Waals surface area contributed by atoms with Gasteiger partial charge in [-0.3, -0.25) is 14.5 Å². The van der Waals surface area contributed by atoms with Crippen molar-refractivity contribution < 1.29 is 32.2 Å². The molecule has 0 saturated heterocycles. The van der Waals surface area contributed by atoms with Crippen molar-refractivity contribution in [2.24, 2.45) is 0 Å². The third-order valence-electron chi connectivity index (χ3n) is 4.25. The van der Waals surface area contributed by atoms with E-state index in [1.54, 1.807) is 29.9 Å². The third kappa shape index (κ3) is 5.26. The van der Waals surface area contributed by atoms with E-state index in [1.807, 2.05) is 0 Å². The first-order valence-corrected chi connectivity index (χ1v) is 9.17. The number of alkyl halides is 4. The predicted molar refractivity (Wildman–Crippen MR) is 101 cm³/mol. The first kappa shape index (κ1) is 22.4. The zero-order chi connectivity index (χ0) is 22.6. The zero-order valence-electron chi connectivity index (χ0n) is 16.4. The zero-order valence-corrected chi connectivity index (χ0v) is 16.4. The average molecular weight is 441 g/mol. The lowest BCUT2D eigenvalue weighted by Crippen LogP contribution is -2.34. The molecule has 0 radical (unpaired) electrons. The van der Waals surface area contributed by atoms with E-state index in [4.69, 9.17) is 9.84 Å². The van der Waals surface area contributed by atoms with E-state index in [0.717, 1.165) is 0 Å². The van der Waals surface area contributed by atoms with Gasteiger partial charge in [0, 0.05) is 30.7 Å². The summed E-state index contributed by atoms with van der Waals surface area (Å²) in [6.45, 7) is 0.212. The molecule has 0 bridgehead atoms. The van der Waals surface area contributed by atoms with Crippen LogP contribution in [0.2, 0.25) is 0 Å². The largest absolute Gasteiger partial charge is 0.471 e. The summed E-state index contributed by atoms with van der Waals surface area (Å²) in [6, 6.07) is 3.25. The Labute approximate surface area is 173 Å². The van der Waals surface area contributed by atoms with E-state index in [-0.39, 0.29) is 31.3 Å². The van der Waals surface area contributed by atoms with E-state index in [9.17, 15) is 22.4 Å². The van der Waals surface area contributed by atoms with Crippen LogP contribution < -0.4 is 10.1 Å². The van der Waals surface area contributed by atoms with Crippen LogP contribution in [0.4, 0.5) is 17.6 Å². The van der Waals surface area contributed by atoms with Crippen molar-refractivity contribution in [1.29, 1.82) is 0 Å². The lowest BCUT2D eigenvalue weighted by molar-refractivity contribution is -0.148. The maximum atomic E-state index is 13.0. The van der Waals surface area contributed by atoms with Gasteiger partial charge in [0.2, 0.25) is 5.88 Å². The van der Waals surface area contributed by atoms with E-state index in [2.05, 4.69) is 20.4 Å². The number of rotatable bonds is 9. The fraction of sp³-hybridized carbons (Fsp3) is 0.368. The van der Waals surface area contributed by atoms with Gasteiger partial charge in [-0.05, 0) is 24.6 Å². The van der Waals surface area contributed by atoms with Crippen molar-refractivity contribution in [2.75, 3.05) is 19.8 Å². The summed E-state index contributed by atoms with van der Waals surface area (Å²) in [5.74, 6) is -4.88. The van der Waals surface area contributed by atoms with Crippen LogP contribution in [-0.2, 0) is 6.54 Å². The van der Waals surface area contributed by atoms with Crippen molar-refractivity contribution in [1.82, 2.24) is 25.1 Å². The van der Waals surface area contributed by atoms with Crippen molar-refractivity contribution in [3.63, 3.8) is 0 Å². The van der Waals surface area contributed by atoms with Crippen LogP contribution in [-0.4, -0.2) is 62.9 Å². The molecule has 0 aliphatic rings. The van der Waals surface area contributed by atoms with E-state index in [1.165, 1.54) is 12.4 Å². The normalized spacial score (nSPS) is 11.8. The van der Waals surface area contributed by atoms with Gasteiger partial charge in [0.1, 0.15) is 5.69 Å². The Balaban J connectivity index is 1.75. The van der Waals surface area contributed by atoms with Crippen LogP contribution in [0.25, 0.3) is 10.9 Å². The summed E-state index contributed by atoms with van der Waals surface area (Å²) in [5.41, 5.74) is 1.74. The first-order valence-electron chi connectivity index (χ1n) is 9.17. The Morgan fingerprint density at radius 3 is 2.81 bits per heavy atom. The van der Waals surface area contributed by atoms with Gasteiger partial charge in [0.15, 0.2) is 6.61 Å². The van der Waals surface area contributed by atoms with Gasteiger partial charge in [0.05, 0.1) is 24.1 Å². The molecule has 2 N–H and O–H groups in total. The number of aliphatic hydroxyl groups is 1. The van der Waals surface area contributed by atoms with Crippen molar-refractivity contribution in [2.45, 2.75) is 25.8 Å². The molecule has 0 aromatic carbocycles. The predicted octanol–water partition coefficient (Wildman–Crippen LogP) is 2.18. The van der Waals surface area contributed by atoms with Gasteiger partial charge >= 0.3 is 12.3 Å². The van der Waals surface area contributed by atoms with Crippen LogP contribution >= 0.6 is 0 Å². The van der Waals surface area contributed by atoms with Crippen molar-refractivity contribution >= 4 is 16.8 Å². The number of halogens is 4. The minimum Gasteiger partial charge on any atom is -0.471 e. The van der Waals surface area contributed by atoms with Crippen LogP contribution in [0, 0.1) is 6.92 Å². The molecule has 8 nitrogen and oxygen atoms in total. The molecular formula is C19H19F4N5O3. The fourth-order valence-corrected chi connectivity index (χ4v) is 2.78. The highest BCUT2D eigenvalue weighted by Gasteiger charge is 2.42. The molecule has 31 heavy (non-hydrogen) atoms. The Morgan fingerprint density at radius 1 is 1.35 bits per heavy atom. The number of hydrogen-bond acceptors (Lipinski definition) is 6. The molecule has 0 spiro atoms. The Morgan fingerprint density at radius 2 is 2.13 bits per heavy atom. The first-order chi connectivity index (χ1) is 14.7. The second kappa shape index (κ2) is 9.25. The second-order valence-electron chi connectivity index (χ2n) is 6.71. The summed E-state index contributed by atoms with van der Waals surface area (Å²) < 4.78 is 56.9. The number of aryl methyl sites for hydroxylation is 1. The number of aromatic nitrogens is 4. The number of fused-ring (bicyclic) bond motifs is 1. The van der Waals surface area contributed by atoms with Gasteiger partial charge in [-0.15, -0.1) is 0 Å². The monoisotopic (exact) mass is 441 g/mol. The highest BCUT2D eigenvalue weighted by atomic mass is 19.3. The minimum atomic E-state index is -4.27. The molecule has 1 amide bonds. The number of aliphatic hydroxyl groups excluding tert-OH is 1. The molecule has 0 aliphatic carbocycles. The molecule has 0 saturated carbocycles. The quantitative estimate of drug-likeness (QED) is 0.494. The summed E-state index contributed by atoms with van der Waals surface area (Å²) in [7, 11) is 0. The van der Waals surface area contributed by atoms with Gasteiger partial charge in [0.25, 0.3) is 5.91 Å². The van der Waals surface area contributed by atoms with Gasteiger partial charge < -0.3 is 15.2 Å². The average Bonchev–Trinajstić information content (AvgIpc) is 3.13. The lowest BCUT2D eigenvalue weighted by atomic mass is 10.2. The maximum Gasteiger partial charge on any atom is 0.340 e. The number of hydrogen-bond donors (Lipinski definition) is 2. The SMILES string of the molecule is Cc1cc(Cn2cc3c(C(=O)NCCO)nccc3n2)cnc1OCC(F)(F)C(F)F. The standard InChI is InChI=1S/C19H19F4N5O3/c1-11-6-12(7-26-17(11)31-10-19(22,23)18(20)21)8-28-9-13-14(27-28)2-3-24-15(13)16(30)25-4-5-29/h2-3,6-7,9,18,29H,4-5,8,10H2,1H3,(H,25,30). The summed E-state index contributed by atoms with van der Waals surface area (Å²) in [5, 5.41) is 16.3. The molecule has 0 unspecified atom stereocenters. The maximum absolute atomic E-state index is 13.0. The summed E-state index contributed by atoms with van der Waals surface area (Å²) >= 11 is 0. The Bertz CT molecular complexity index is 1070. The summed E-state index contributed by atoms with van der Waals surface area (Å²) in [6.07, 6.45) is 0.605. The molecule has 3 aromatic heterocycles. The molecule has 166 valence electrons. The molecule has 3 rings (SSSR count). The lowest BCUT2D eigenvalue weighted by Gasteiger charge is -2.16. The van der Waals surface area contributed by atoms with Gasteiger partial charge in [-0.2, -0.15) is 13.9 Å². The summed E-state index contributed by atoms with van der Waals surface area (Å²) in [4.78, 5) is 20.2. The molecule has 0 atom stereocenters. The number of nitrogens with one attached hydrogen (secondary N) is 1. The van der Waals surface area contributed by atoms with Crippen LogP contribution in [0.1, 0.15) is 21.6 Å². The van der Waals surface area contributed by atoms with Crippen LogP contribution in [0.3, 0.4) is 0 Å². The van der Waals surface area contributed by atoms with E-state index < -0.39 is 24.9 Å². The van der Waals surface area contributed by atoms with E-state index in [0.29, 0.717) is 22.0 Å². The number of pyridine rings is 2. The molecule has 3 heterocycles. The van der Waals surface area contributed by atoms with Crippen molar-refractivity contribution in [3.05, 3.63) is 47.5 Å². The fourth-order valence-electron chi connectivity index (χ4n) is 2.78. The van der Waals surface area contributed by atoms with Gasteiger partial charge in [-0.1, -0.05) is 0 Å². The molecule has 0 aliphatic heterocycles. The van der Waals surface area contributed by atoms with E-state index >= 15 is 0 Å². The van der Waals surface area contributed by atoms with Crippen molar-refractivity contribution in [3.8, 4) is 5.88 Å². The number of carbonyl (C=O) groups is 1. The van der Waals surface area contributed by atoms with Crippen LogP contribution in [0.5, 0.6) is 5.88 Å². The number of carbonyl (C=O) groups excluding carboxylic acids is 1. The minimum absolute atomic E-state index is 0.0909. The topological polar surface area (TPSA) is 102 Å². The second-order valence-corrected chi connectivity index (χ2v) is 6.71. The highest BCUT2D eigenvalue weighted by Crippen LogP contribution is 2.25. The Kier molecular flexibility index (Phi) is 6.68. The highest BCUT2D eigenvalue weighted by molar-refractivity contribution is 6.04. The van der Waals surface area contributed by atoms with Crippen LogP contribution in [0.15, 0.2) is 30.7 Å². The smallest absolute Gasteiger partial charge is 0.340 e. The third-order valence-corrected chi connectivity index (χ3v) is 4.25. The molecule has 0 fully saturated rings. The molecule has 3 aromatic rings. The number of amides is 1. The number of nitrogens with zero attached hydrogens (tertiary/aromatic N) is 4.